The van der Waals surface area contributed by atoms with Gasteiger partial charge < -0.3 is 9.88 Å². The minimum absolute atomic E-state index is 0.0740. The van der Waals surface area contributed by atoms with Crippen LogP contribution in [0.5, 0.6) is 0 Å². The molecule has 25 heavy (non-hydrogen) atoms. The first-order valence-corrected chi connectivity index (χ1v) is 8.91. The number of aromatic amines is 1. The van der Waals surface area contributed by atoms with Crippen LogP contribution in [0.2, 0.25) is 0 Å². The average molecular weight is 338 g/mol. The van der Waals surface area contributed by atoms with E-state index in [1.807, 2.05) is 9.58 Å². The number of hydrogen-bond donors (Lipinski definition) is 1. The molecule has 1 atom stereocenters. The van der Waals surface area contributed by atoms with Gasteiger partial charge in [0.2, 0.25) is 0 Å². The molecule has 3 heterocycles. The Kier molecular flexibility index (Phi) is 3.83. The van der Waals surface area contributed by atoms with E-state index in [-0.39, 0.29) is 11.9 Å². The number of carbonyl (C=O) groups excluding carboxylic acids is 1. The highest BCUT2D eigenvalue weighted by atomic mass is 16.2. The number of carbonyl (C=O) groups is 1. The molecule has 1 fully saturated rings. The SMILES string of the molecule is CC(C)C[C@H]1c2nc(C3CC3)nn2CCN1C(=O)c1cc(C#N)c[nH]1. The summed E-state index contributed by atoms with van der Waals surface area (Å²) in [5, 5.41) is 13.7. The fourth-order valence-corrected chi connectivity index (χ4v) is 3.45. The van der Waals surface area contributed by atoms with Crippen LogP contribution in [-0.4, -0.2) is 37.1 Å². The Morgan fingerprint density at radius 2 is 2.24 bits per heavy atom. The molecule has 1 amide bonds. The van der Waals surface area contributed by atoms with Crippen LogP contribution in [0.4, 0.5) is 0 Å². The zero-order valence-electron chi connectivity index (χ0n) is 14.6. The van der Waals surface area contributed by atoms with Crippen LogP contribution in [0.1, 0.15) is 72.8 Å². The first kappa shape index (κ1) is 15.9. The zero-order valence-corrected chi connectivity index (χ0v) is 14.6. The van der Waals surface area contributed by atoms with Crippen LogP contribution in [0.15, 0.2) is 12.3 Å². The van der Waals surface area contributed by atoms with E-state index in [9.17, 15) is 4.79 Å². The molecular weight excluding hydrogens is 316 g/mol. The van der Waals surface area contributed by atoms with Gasteiger partial charge in [-0.25, -0.2) is 9.67 Å². The van der Waals surface area contributed by atoms with Crippen molar-refractivity contribution in [2.24, 2.45) is 5.92 Å². The number of nitrogens with zero attached hydrogens (tertiary/aromatic N) is 5. The van der Waals surface area contributed by atoms with E-state index in [2.05, 4.69) is 30.0 Å². The van der Waals surface area contributed by atoms with Crippen molar-refractivity contribution in [3.63, 3.8) is 0 Å². The third kappa shape index (κ3) is 2.93. The van der Waals surface area contributed by atoms with Gasteiger partial charge in [0.15, 0.2) is 5.82 Å². The van der Waals surface area contributed by atoms with Crippen molar-refractivity contribution in [3.8, 4) is 6.07 Å². The number of fused-ring (bicyclic) bond motifs is 1. The number of rotatable bonds is 4. The van der Waals surface area contributed by atoms with Crippen molar-refractivity contribution >= 4 is 5.91 Å². The summed E-state index contributed by atoms with van der Waals surface area (Å²) in [6, 6.07) is 3.60. The summed E-state index contributed by atoms with van der Waals surface area (Å²) in [5.74, 6) is 2.70. The second-order valence-corrected chi connectivity index (χ2v) is 7.38. The first-order chi connectivity index (χ1) is 12.1. The Hall–Kier alpha value is -2.62. The molecule has 0 aromatic carbocycles. The third-order valence-electron chi connectivity index (χ3n) is 4.88. The maximum atomic E-state index is 13.0. The van der Waals surface area contributed by atoms with Crippen LogP contribution >= 0.6 is 0 Å². The number of H-pyrrole nitrogens is 1. The monoisotopic (exact) mass is 338 g/mol. The van der Waals surface area contributed by atoms with Gasteiger partial charge in [0.05, 0.1) is 18.2 Å². The Bertz CT molecular complexity index is 838. The van der Waals surface area contributed by atoms with Gasteiger partial charge in [-0.2, -0.15) is 10.4 Å². The maximum Gasteiger partial charge on any atom is 0.270 e. The number of nitrogens with one attached hydrogen (secondary N) is 1. The van der Waals surface area contributed by atoms with Gasteiger partial charge in [-0.3, -0.25) is 4.79 Å². The van der Waals surface area contributed by atoms with Crippen molar-refractivity contribution in [1.82, 2.24) is 24.6 Å². The Labute approximate surface area is 146 Å². The molecule has 1 saturated carbocycles. The van der Waals surface area contributed by atoms with Crippen LogP contribution < -0.4 is 0 Å². The number of hydrogen-bond acceptors (Lipinski definition) is 4. The Morgan fingerprint density at radius 1 is 1.44 bits per heavy atom. The lowest BCUT2D eigenvalue weighted by Gasteiger charge is -2.35. The smallest absolute Gasteiger partial charge is 0.270 e. The van der Waals surface area contributed by atoms with Crippen LogP contribution in [0.3, 0.4) is 0 Å². The highest BCUT2D eigenvalue weighted by molar-refractivity contribution is 5.93. The summed E-state index contributed by atoms with van der Waals surface area (Å²) in [4.78, 5) is 22.6. The molecule has 0 unspecified atom stereocenters. The number of amides is 1. The molecule has 0 radical (unpaired) electrons. The molecule has 4 rings (SSSR count). The third-order valence-corrected chi connectivity index (χ3v) is 4.88. The molecule has 1 aliphatic heterocycles. The summed E-state index contributed by atoms with van der Waals surface area (Å²) in [6.45, 7) is 5.59. The molecule has 7 nitrogen and oxygen atoms in total. The van der Waals surface area contributed by atoms with E-state index in [1.54, 1.807) is 12.3 Å². The molecule has 7 heteroatoms. The minimum Gasteiger partial charge on any atom is -0.356 e. The largest absolute Gasteiger partial charge is 0.356 e. The summed E-state index contributed by atoms with van der Waals surface area (Å²) in [6.07, 6.45) is 4.75. The average Bonchev–Trinajstić information content (AvgIpc) is 3.17. The van der Waals surface area contributed by atoms with E-state index in [4.69, 9.17) is 10.2 Å². The van der Waals surface area contributed by atoms with Gasteiger partial charge >= 0.3 is 0 Å². The molecule has 2 aromatic heterocycles. The van der Waals surface area contributed by atoms with Crippen molar-refractivity contribution in [1.29, 1.82) is 5.26 Å². The molecule has 0 bridgehead atoms. The number of aromatic nitrogens is 4. The van der Waals surface area contributed by atoms with E-state index < -0.39 is 0 Å². The van der Waals surface area contributed by atoms with E-state index in [0.29, 0.717) is 36.2 Å². The van der Waals surface area contributed by atoms with Gasteiger partial charge in [-0.15, -0.1) is 0 Å². The predicted molar refractivity (Wildman–Crippen MR) is 90.7 cm³/mol. The molecule has 130 valence electrons. The summed E-state index contributed by atoms with van der Waals surface area (Å²) in [5.41, 5.74) is 0.931. The highest BCUT2D eigenvalue weighted by Crippen LogP contribution is 2.40. The van der Waals surface area contributed by atoms with E-state index >= 15 is 0 Å². The van der Waals surface area contributed by atoms with Gasteiger partial charge in [-0.1, -0.05) is 13.8 Å². The zero-order chi connectivity index (χ0) is 17.6. The lowest BCUT2D eigenvalue weighted by molar-refractivity contribution is 0.0573. The quantitative estimate of drug-likeness (QED) is 0.927. The lowest BCUT2D eigenvalue weighted by Crippen LogP contribution is -2.43. The molecular formula is C18H22N6O. The van der Waals surface area contributed by atoms with Crippen LogP contribution in [0.25, 0.3) is 0 Å². The fourth-order valence-electron chi connectivity index (χ4n) is 3.45. The Balaban J connectivity index is 1.66. The molecule has 0 spiro atoms. The summed E-state index contributed by atoms with van der Waals surface area (Å²) < 4.78 is 1.99. The molecule has 0 saturated heterocycles. The first-order valence-electron chi connectivity index (χ1n) is 8.91. The van der Waals surface area contributed by atoms with Gasteiger partial charge in [0.1, 0.15) is 17.6 Å². The van der Waals surface area contributed by atoms with E-state index in [1.165, 1.54) is 12.8 Å². The molecule has 2 aliphatic rings. The predicted octanol–water partition coefficient (Wildman–Crippen LogP) is 2.60. The van der Waals surface area contributed by atoms with Gasteiger partial charge in [0.25, 0.3) is 5.91 Å². The summed E-state index contributed by atoms with van der Waals surface area (Å²) in [7, 11) is 0. The molecule has 1 aliphatic carbocycles. The van der Waals surface area contributed by atoms with Crippen LogP contribution in [-0.2, 0) is 6.54 Å². The lowest BCUT2D eigenvalue weighted by atomic mass is 10.00. The van der Waals surface area contributed by atoms with Crippen LogP contribution in [0, 0.1) is 17.2 Å². The molecule has 1 N–H and O–H groups in total. The number of nitriles is 1. The van der Waals surface area contributed by atoms with E-state index in [0.717, 1.165) is 18.1 Å². The molecule has 2 aromatic rings. The van der Waals surface area contributed by atoms with Gasteiger partial charge in [0, 0.05) is 18.7 Å². The fraction of sp³-hybridized carbons (Fsp3) is 0.556. The topological polar surface area (TPSA) is 90.6 Å². The van der Waals surface area contributed by atoms with Crippen molar-refractivity contribution in [2.75, 3.05) is 6.54 Å². The standard InChI is InChI=1S/C18H22N6O/c1-11(2)7-15-17-21-16(13-3-4-13)22-24(17)6-5-23(15)18(25)14-8-12(9-19)10-20-14/h8,10-11,13,15,20H,3-7H2,1-2H3/t15-/m0/s1. The van der Waals surface area contributed by atoms with Crippen molar-refractivity contribution < 1.29 is 4.79 Å². The second kappa shape index (κ2) is 6.03. The second-order valence-electron chi connectivity index (χ2n) is 7.38. The minimum atomic E-state index is -0.0747. The Morgan fingerprint density at radius 3 is 2.88 bits per heavy atom. The summed E-state index contributed by atoms with van der Waals surface area (Å²) >= 11 is 0. The van der Waals surface area contributed by atoms with Crippen molar-refractivity contribution in [3.05, 3.63) is 35.2 Å². The normalized spacial score (nSPS) is 19.8. The van der Waals surface area contributed by atoms with Gasteiger partial charge in [-0.05, 0) is 31.2 Å². The maximum absolute atomic E-state index is 13.0. The van der Waals surface area contributed by atoms with Crippen molar-refractivity contribution in [2.45, 2.75) is 51.6 Å². The highest BCUT2D eigenvalue weighted by Gasteiger charge is 2.37.